The van der Waals surface area contributed by atoms with Gasteiger partial charge < -0.3 is 0 Å². The standard InChI is InChI=1S/C2H3N5S/c3-5-1-4-2(8)7-6-1/h3H2,(H,4,5,8). The molecule has 0 unspecified atom stereocenters. The van der Waals surface area contributed by atoms with Gasteiger partial charge in [0.2, 0.25) is 5.11 Å². The van der Waals surface area contributed by atoms with E-state index < -0.39 is 0 Å². The third-order valence-electron chi connectivity index (χ3n) is 0.561. The fourth-order valence-electron chi connectivity index (χ4n) is 0.287. The van der Waals surface area contributed by atoms with Crippen LogP contribution in [0.1, 0.15) is 0 Å². The van der Waals surface area contributed by atoms with Crippen LogP contribution < -0.4 is 11.3 Å². The maximum absolute atomic E-state index is 4.90. The van der Waals surface area contributed by atoms with Crippen LogP contribution in [0.4, 0.5) is 0 Å². The molecule has 8 heavy (non-hydrogen) atoms. The third-order valence-corrected chi connectivity index (χ3v) is 0.734. The fourth-order valence-corrected chi connectivity index (χ4v) is 0.414. The first-order valence-electron chi connectivity index (χ1n) is 1.84. The summed E-state index contributed by atoms with van der Waals surface area (Å²) in [7, 11) is 0. The minimum atomic E-state index is 0.206. The van der Waals surface area contributed by atoms with Crippen molar-refractivity contribution in [2.75, 3.05) is 0 Å². The molecule has 0 bridgehead atoms. The van der Waals surface area contributed by atoms with E-state index >= 15 is 0 Å². The second kappa shape index (κ2) is 1.93. The molecule has 0 radical (unpaired) electrons. The highest BCUT2D eigenvalue weighted by molar-refractivity contribution is 7.80. The van der Waals surface area contributed by atoms with Crippen LogP contribution in [0.5, 0.6) is 0 Å². The van der Waals surface area contributed by atoms with E-state index in [2.05, 4.69) is 32.9 Å². The van der Waals surface area contributed by atoms with Gasteiger partial charge in [-0.2, -0.15) is 4.99 Å². The third kappa shape index (κ3) is 0.849. The number of nitrogens with one attached hydrogen (secondary N) is 1. The van der Waals surface area contributed by atoms with Crippen molar-refractivity contribution in [3.8, 4) is 0 Å². The van der Waals surface area contributed by atoms with Gasteiger partial charge in [0.15, 0.2) is 0 Å². The maximum atomic E-state index is 4.90. The van der Waals surface area contributed by atoms with Crippen molar-refractivity contribution in [3.63, 3.8) is 0 Å². The van der Waals surface area contributed by atoms with Crippen LogP contribution in [0.25, 0.3) is 0 Å². The summed E-state index contributed by atoms with van der Waals surface area (Å²) >= 11 is 4.52. The first-order chi connectivity index (χ1) is 3.83. The summed E-state index contributed by atoms with van der Waals surface area (Å²) in [6.45, 7) is 0. The molecule has 0 aromatic heterocycles. The summed E-state index contributed by atoms with van der Waals surface area (Å²) in [5.74, 6) is 5.16. The van der Waals surface area contributed by atoms with E-state index in [0.717, 1.165) is 0 Å². The molecular weight excluding hydrogens is 126 g/mol. The number of azo groups is 1. The number of nitrogens with zero attached hydrogens (tertiary/aromatic N) is 3. The Bertz CT molecular complexity index is 169. The number of hydrogen-bond acceptors (Lipinski definition) is 4. The average Bonchev–Trinajstić information content (AvgIpc) is 2.14. The van der Waals surface area contributed by atoms with E-state index in [1.165, 1.54) is 0 Å². The lowest BCUT2D eigenvalue weighted by Gasteiger charge is -1.84. The SMILES string of the molecule is NNC1=NC(=S)N=N1. The quantitative estimate of drug-likeness (QED) is 0.264. The number of aliphatic imine (C=N–C) groups is 1. The molecule has 0 fully saturated rings. The first-order valence-corrected chi connectivity index (χ1v) is 2.25. The summed E-state index contributed by atoms with van der Waals surface area (Å²) in [4.78, 5) is 3.59. The van der Waals surface area contributed by atoms with Gasteiger partial charge in [0.05, 0.1) is 0 Å². The molecule has 0 atom stereocenters. The lowest BCUT2D eigenvalue weighted by Crippen LogP contribution is -2.27. The highest BCUT2D eigenvalue weighted by Gasteiger charge is 2.02. The van der Waals surface area contributed by atoms with Crippen molar-refractivity contribution >= 4 is 23.3 Å². The van der Waals surface area contributed by atoms with Gasteiger partial charge in [-0.25, -0.2) is 5.84 Å². The minimum Gasteiger partial charge on any atom is -0.291 e. The topological polar surface area (TPSA) is 75.1 Å². The number of guanidine groups is 1. The van der Waals surface area contributed by atoms with Gasteiger partial charge in [0.25, 0.3) is 5.96 Å². The molecule has 6 heteroatoms. The van der Waals surface area contributed by atoms with Gasteiger partial charge in [0.1, 0.15) is 0 Å². The van der Waals surface area contributed by atoms with Crippen molar-refractivity contribution in [3.05, 3.63) is 0 Å². The Kier molecular flexibility index (Phi) is 1.27. The zero-order valence-electron chi connectivity index (χ0n) is 3.83. The molecule has 1 rings (SSSR count). The Balaban J connectivity index is 2.72. The predicted molar refractivity (Wildman–Crippen MR) is 32.2 cm³/mol. The van der Waals surface area contributed by atoms with Crippen LogP contribution in [0.15, 0.2) is 15.2 Å². The molecule has 5 nitrogen and oxygen atoms in total. The Labute approximate surface area is 50.7 Å². The molecular formula is C2H3N5S. The van der Waals surface area contributed by atoms with Gasteiger partial charge >= 0.3 is 0 Å². The summed E-state index contributed by atoms with van der Waals surface area (Å²) < 4.78 is 0. The van der Waals surface area contributed by atoms with Crippen LogP contribution in [0.2, 0.25) is 0 Å². The van der Waals surface area contributed by atoms with Crippen molar-refractivity contribution < 1.29 is 0 Å². The lowest BCUT2D eigenvalue weighted by molar-refractivity contribution is 1.01. The molecule has 0 saturated carbocycles. The van der Waals surface area contributed by atoms with E-state index in [0.29, 0.717) is 0 Å². The maximum Gasteiger partial charge on any atom is 0.259 e. The number of thiocarbonyl (C=S) groups is 1. The lowest BCUT2D eigenvalue weighted by atomic mass is 11.0. The molecule has 0 saturated heterocycles. The molecule has 1 aliphatic rings. The molecule has 0 aromatic rings. The molecule has 0 aromatic carbocycles. The van der Waals surface area contributed by atoms with Crippen molar-refractivity contribution in [1.82, 2.24) is 5.43 Å². The van der Waals surface area contributed by atoms with E-state index in [9.17, 15) is 0 Å². The Morgan fingerprint density at radius 3 is 2.50 bits per heavy atom. The van der Waals surface area contributed by atoms with Crippen molar-refractivity contribution in [1.29, 1.82) is 0 Å². The first kappa shape index (κ1) is 5.26. The molecule has 1 aliphatic heterocycles. The van der Waals surface area contributed by atoms with Gasteiger partial charge in [-0.05, 0) is 12.2 Å². The zero-order chi connectivity index (χ0) is 5.98. The summed E-state index contributed by atoms with van der Waals surface area (Å²) in [6, 6.07) is 0. The molecule has 0 aliphatic carbocycles. The summed E-state index contributed by atoms with van der Waals surface area (Å²) in [5, 5.41) is 7.04. The minimum absolute atomic E-state index is 0.206. The van der Waals surface area contributed by atoms with Gasteiger partial charge in [-0.1, -0.05) is 0 Å². The molecule has 3 N–H and O–H groups in total. The normalized spacial score (nSPS) is 16.6. The van der Waals surface area contributed by atoms with Crippen LogP contribution in [0.3, 0.4) is 0 Å². The van der Waals surface area contributed by atoms with Gasteiger partial charge in [-0.3, -0.25) is 5.43 Å². The van der Waals surface area contributed by atoms with Crippen LogP contribution in [-0.4, -0.2) is 11.1 Å². The molecule has 1 heterocycles. The van der Waals surface area contributed by atoms with Crippen LogP contribution in [0, 0.1) is 0 Å². The largest absolute Gasteiger partial charge is 0.291 e. The molecule has 42 valence electrons. The van der Waals surface area contributed by atoms with Crippen LogP contribution >= 0.6 is 12.2 Å². The van der Waals surface area contributed by atoms with E-state index in [1.54, 1.807) is 0 Å². The number of hydrazine groups is 1. The van der Waals surface area contributed by atoms with E-state index in [-0.39, 0.29) is 11.1 Å². The number of nitrogens with two attached hydrogens (primary N) is 1. The van der Waals surface area contributed by atoms with Crippen molar-refractivity contribution in [2.45, 2.75) is 0 Å². The van der Waals surface area contributed by atoms with Crippen molar-refractivity contribution in [2.24, 2.45) is 21.1 Å². The predicted octanol–water partition coefficient (Wildman–Crippen LogP) is -0.444. The second-order valence-corrected chi connectivity index (χ2v) is 1.43. The van der Waals surface area contributed by atoms with Crippen LogP contribution in [-0.2, 0) is 0 Å². The Hall–Kier alpha value is -0.880. The number of rotatable bonds is 0. The smallest absolute Gasteiger partial charge is 0.259 e. The fraction of sp³-hybridized carbons (Fsp3) is 0. The Morgan fingerprint density at radius 2 is 2.25 bits per heavy atom. The summed E-state index contributed by atoms with van der Waals surface area (Å²) in [5.41, 5.74) is 2.20. The molecule has 0 amide bonds. The summed E-state index contributed by atoms with van der Waals surface area (Å²) in [6.07, 6.45) is 0. The molecule has 0 spiro atoms. The van der Waals surface area contributed by atoms with Gasteiger partial charge in [0, 0.05) is 0 Å². The number of hydrogen-bond donors (Lipinski definition) is 2. The van der Waals surface area contributed by atoms with Gasteiger partial charge in [-0.15, -0.1) is 10.2 Å². The van der Waals surface area contributed by atoms with E-state index in [4.69, 9.17) is 5.84 Å². The van der Waals surface area contributed by atoms with E-state index in [1.807, 2.05) is 0 Å². The Morgan fingerprint density at radius 1 is 1.50 bits per heavy atom. The highest BCUT2D eigenvalue weighted by Crippen LogP contribution is 1.94. The zero-order valence-corrected chi connectivity index (χ0v) is 4.64. The monoisotopic (exact) mass is 129 g/mol. The average molecular weight is 129 g/mol. The second-order valence-electron chi connectivity index (χ2n) is 1.06. The highest BCUT2D eigenvalue weighted by atomic mass is 32.1.